The molecule has 3 N–H and O–H groups in total. The minimum absolute atomic E-state index is 0.369. The molecular formula is C12H19NO3. The van der Waals surface area contributed by atoms with Gasteiger partial charge in [0, 0.05) is 0 Å². The number of carbonyl (C=O) groups excluding carboxylic acids is 1. The summed E-state index contributed by atoms with van der Waals surface area (Å²) < 4.78 is 3.89. The molecule has 4 heteroatoms. The third kappa shape index (κ3) is 5.90. The summed E-state index contributed by atoms with van der Waals surface area (Å²) in [5.74, 6) is 0.856. The molecule has 16 heavy (non-hydrogen) atoms. The molecule has 0 spiro atoms. The highest BCUT2D eigenvalue weighted by Gasteiger charge is 2.00. The van der Waals surface area contributed by atoms with Crippen molar-refractivity contribution in [1.29, 1.82) is 0 Å². The summed E-state index contributed by atoms with van der Waals surface area (Å²) in [4.78, 5) is 9.37. The third-order valence-corrected chi connectivity index (χ3v) is 1.95. The molecule has 0 atom stereocenters. The Balaban J connectivity index is 0.000000385. The SMILES string of the molecule is COC(N)=O.Cc1cc(O)cc(C(C)C)c1. The number of phenolic OH excluding ortho intramolecular Hbond substituents is 1. The molecule has 90 valence electrons. The number of amides is 1. The molecule has 0 aliphatic rings. The molecule has 0 radical (unpaired) electrons. The zero-order chi connectivity index (χ0) is 12.7. The van der Waals surface area contributed by atoms with E-state index >= 15 is 0 Å². The van der Waals surface area contributed by atoms with Crippen molar-refractivity contribution in [3.8, 4) is 5.75 Å². The molecule has 1 rings (SSSR count). The largest absolute Gasteiger partial charge is 0.508 e. The van der Waals surface area contributed by atoms with Gasteiger partial charge in [0.15, 0.2) is 0 Å². The van der Waals surface area contributed by atoms with Gasteiger partial charge in [0.1, 0.15) is 5.75 Å². The van der Waals surface area contributed by atoms with Gasteiger partial charge in [0.2, 0.25) is 0 Å². The van der Waals surface area contributed by atoms with Gasteiger partial charge in [-0.3, -0.25) is 0 Å². The molecule has 0 aliphatic carbocycles. The molecule has 0 aliphatic heterocycles. The Labute approximate surface area is 96.0 Å². The fourth-order valence-corrected chi connectivity index (χ4v) is 1.13. The van der Waals surface area contributed by atoms with E-state index in [2.05, 4.69) is 30.4 Å². The maximum atomic E-state index is 9.37. The molecule has 1 amide bonds. The number of benzene rings is 1. The molecule has 4 nitrogen and oxygen atoms in total. The van der Waals surface area contributed by atoms with Crippen LogP contribution in [0.4, 0.5) is 4.79 Å². The Morgan fingerprint density at radius 3 is 2.19 bits per heavy atom. The van der Waals surface area contributed by atoms with Crippen LogP contribution in [0.2, 0.25) is 0 Å². The summed E-state index contributed by atoms with van der Waals surface area (Å²) in [5, 5.41) is 9.24. The van der Waals surface area contributed by atoms with Gasteiger partial charge in [-0.1, -0.05) is 19.9 Å². The predicted molar refractivity (Wildman–Crippen MR) is 63.5 cm³/mol. The number of aryl methyl sites for hydroxylation is 1. The average molecular weight is 225 g/mol. The number of rotatable bonds is 1. The van der Waals surface area contributed by atoms with Gasteiger partial charge in [0.05, 0.1) is 7.11 Å². The first-order valence-corrected chi connectivity index (χ1v) is 5.00. The number of aromatic hydroxyl groups is 1. The van der Waals surface area contributed by atoms with E-state index in [0.29, 0.717) is 11.7 Å². The lowest BCUT2D eigenvalue weighted by Gasteiger charge is -2.06. The van der Waals surface area contributed by atoms with E-state index in [1.165, 1.54) is 12.7 Å². The van der Waals surface area contributed by atoms with Crippen LogP contribution in [0, 0.1) is 6.92 Å². The van der Waals surface area contributed by atoms with Crippen LogP contribution in [0.5, 0.6) is 5.75 Å². The highest BCUT2D eigenvalue weighted by molar-refractivity contribution is 5.64. The summed E-state index contributed by atoms with van der Waals surface area (Å²) in [6.07, 6.45) is -0.745. The molecule has 1 aromatic carbocycles. The van der Waals surface area contributed by atoms with Crippen LogP contribution < -0.4 is 5.73 Å². The van der Waals surface area contributed by atoms with E-state index in [4.69, 9.17) is 0 Å². The lowest BCUT2D eigenvalue weighted by atomic mass is 10.0. The molecule has 0 fully saturated rings. The number of hydrogen-bond donors (Lipinski definition) is 2. The number of nitrogens with two attached hydrogens (primary N) is 1. The number of hydrogen-bond acceptors (Lipinski definition) is 3. The fraction of sp³-hybridized carbons (Fsp3) is 0.417. The second-order valence-electron chi connectivity index (χ2n) is 3.78. The summed E-state index contributed by atoms with van der Waals surface area (Å²) in [5.41, 5.74) is 6.75. The fourth-order valence-electron chi connectivity index (χ4n) is 1.13. The third-order valence-electron chi connectivity index (χ3n) is 1.95. The monoisotopic (exact) mass is 225 g/mol. The smallest absolute Gasteiger partial charge is 0.404 e. The van der Waals surface area contributed by atoms with Gasteiger partial charge < -0.3 is 15.6 Å². The summed E-state index contributed by atoms with van der Waals surface area (Å²) in [7, 11) is 1.22. The zero-order valence-corrected chi connectivity index (χ0v) is 10.2. The molecule has 0 aromatic heterocycles. The second-order valence-corrected chi connectivity index (χ2v) is 3.78. The Morgan fingerprint density at radius 1 is 1.38 bits per heavy atom. The van der Waals surface area contributed by atoms with E-state index in [9.17, 15) is 9.90 Å². The topological polar surface area (TPSA) is 72.5 Å². The predicted octanol–water partition coefficient (Wildman–Crippen LogP) is 2.54. The first kappa shape index (κ1) is 14.3. The van der Waals surface area contributed by atoms with E-state index in [1.54, 1.807) is 6.07 Å². The Hall–Kier alpha value is -1.71. The Morgan fingerprint density at radius 2 is 1.88 bits per heavy atom. The number of ether oxygens (including phenoxy) is 1. The molecule has 0 saturated heterocycles. The van der Waals surface area contributed by atoms with E-state index in [1.807, 2.05) is 13.0 Å². The summed E-state index contributed by atoms with van der Waals surface area (Å²) >= 11 is 0. The van der Waals surface area contributed by atoms with E-state index in [0.717, 1.165) is 5.56 Å². The van der Waals surface area contributed by atoms with Crippen LogP contribution in [0.1, 0.15) is 30.9 Å². The van der Waals surface area contributed by atoms with Crippen molar-refractivity contribution < 1.29 is 14.6 Å². The lowest BCUT2D eigenvalue weighted by molar-refractivity contribution is 0.182. The highest BCUT2D eigenvalue weighted by Crippen LogP contribution is 2.21. The second kappa shape index (κ2) is 6.71. The minimum Gasteiger partial charge on any atom is -0.508 e. The Kier molecular flexibility index (Phi) is 6.00. The van der Waals surface area contributed by atoms with Crippen LogP contribution in [-0.2, 0) is 4.74 Å². The average Bonchev–Trinajstić information content (AvgIpc) is 2.17. The van der Waals surface area contributed by atoms with Gasteiger partial charge in [-0.25, -0.2) is 4.79 Å². The van der Waals surface area contributed by atoms with Crippen molar-refractivity contribution in [2.75, 3.05) is 7.11 Å². The van der Waals surface area contributed by atoms with Crippen LogP contribution >= 0.6 is 0 Å². The van der Waals surface area contributed by atoms with E-state index < -0.39 is 6.09 Å². The van der Waals surface area contributed by atoms with Crippen molar-refractivity contribution in [3.63, 3.8) is 0 Å². The van der Waals surface area contributed by atoms with Gasteiger partial charge in [-0.05, 0) is 36.1 Å². The number of methoxy groups -OCH3 is 1. The van der Waals surface area contributed by atoms with Crippen molar-refractivity contribution in [2.24, 2.45) is 5.73 Å². The quantitative estimate of drug-likeness (QED) is 0.771. The van der Waals surface area contributed by atoms with Crippen molar-refractivity contribution >= 4 is 6.09 Å². The van der Waals surface area contributed by atoms with Gasteiger partial charge >= 0.3 is 6.09 Å². The molecule has 0 heterocycles. The normalized spacial score (nSPS) is 9.31. The van der Waals surface area contributed by atoms with Crippen molar-refractivity contribution in [2.45, 2.75) is 26.7 Å². The van der Waals surface area contributed by atoms with Gasteiger partial charge in [-0.15, -0.1) is 0 Å². The van der Waals surface area contributed by atoms with Gasteiger partial charge in [0.25, 0.3) is 0 Å². The summed E-state index contributed by atoms with van der Waals surface area (Å²) in [6, 6.07) is 5.69. The first-order valence-electron chi connectivity index (χ1n) is 5.00. The first-order chi connectivity index (χ1) is 7.36. The molecular weight excluding hydrogens is 206 g/mol. The Bertz CT molecular complexity index is 328. The number of carbonyl (C=O) groups is 1. The maximum absolute atomic E-state index is 9.37. The van der Waals surface area contributed by atoms with Crippen LogP contribution in [0.15, 0.2) is 18.2 Å². The van der Waals surface area contributed by atoms with Crippen LogP contribution in [-0.4, -0.2) is 18.3 Å². The van der Waals surface area contributed by atoms with Crippen molar-refractivity contribution in [1.82, 2.24) is 0 Å². The van der Waals surface area contributed by atoms with Crippen LogP contribution in [0.25, 0.3) is 0 Å². The van der Waals surface area contributed by atoms with Gasteiger partial charge in [-0.2, -0.15) is 0 Å². The molecule has 1 aromatic rings. The number of primary amides is 1. The lowest BCUT2D eigenvalue weighted by Crippen LogP contribution is -2.08. The molecule has 0 saturated carbocycles. The van der Waals surface area contributed by atoms with E-state index in [-0.39, 0.29) is 0 Å². The zero-order valence-electron chi connectivity index (χ0n) is 10.2. The van der Waals surface area contributed by atoms with Crippen molar-refractivity contribution in [3.05, 3.63) is 29.3 Å². The minimum atomic E-state index is -0.745. The molecule has 0 unspecified atom stereocenters. The van der Waals surface area contributed by atoms with Crippen LogP contribution in [0.3, 0.4) is 0 Å². The maximum Gasteiger partial charge on any atom is 0.404 e. The number of phenols is 1. The summed E-state index contributed by atoms with van der Waals surface area (Å²) in [6.45, 7) is 6.23. The highest BCUT2D eigenvalue weighted by atomic mass is 16.5. The molecule has 0 bridgehead atoms. The standard InChI is InChI=1S/C10H14O.C2H5NO2/c1-7(2)9-4-8(3)5-10(11)6-9;1-5-2(3)4/h4-7,11H,1-3H3;1H3,(H2,3,4).